The maximum atomic E-state index is 12.2. The summed E-state index contributed by atoms with van der Waals surface area (Å²) in [6, 6.07) is 18.6. The first-order valence-electron chi connectivity index (χ1n) is 9.37. The number of carbonyl (C=O) groups is 1. The fourth-order valence-electron chi connectivity index (χ4n) is 3.39. The van der Waals surface area contributed by atoms with E-state index in [0.29, 0.717) is 0 Å². The predicted molar refractivity (Wildman–Crippen MR) is 111 cm³/mol. The van der Waals surface area contributed by atoms with Crippen molar-refractivity contribution in [2.45, 2.75) is 46.6 Å². The van der Waals surface area contributed by atoms with Crippen LogP contribution in [-0.4, -0.2) is 22.7 Å². The topological polar surface area (TPSA) is 32.7 Å². The van der Waals surface area contributed by atoms with Gasteiger partial charge in [0.15, 0.2) is 0 Å². The van der Waals surface area contributed by atoms with Crippen molar-refractivity contribution in [1.82, 2.24) is 5.01 Å². The third-order valence-electron chi connectivity index (χ3n) is 4.67. The Morgan fingerprint density at radius 1 is 1.07 bits per heavy atom. The second-order valence-electron chi connectivity index (χ2n) is 7.31. The third kappa shape index (κ3) is 4.64. The van der Waals surface area contributed by atoms with Crippen molar-refractivity contribution < 1.29 is 4.79 Å². The van der Waals surface area contributed by atoms with Crippen LogP contribution in [0.15, 0.2) is 71.0 Å². The molecule has 1 aliphatic rings. The van der Waals surface area contributed by atoms with Gasteiger partial charge in [0.2, 0.25) is 5.91 Å². The van der Waals surface area contributed by atoms with Crippen LogP contribution < -0.4 is 0 Å². The molecule has 3 nitrogen and oxygen atoms in total. The molecule has 0 saturated heterocycles. The minimum Gasteiger partial charge on any atom is -0.273 e. The zero-order valence-corrected chi connectivity index (χ0v) is 16.5. The van der Waals surface area contributed by atoms with Gasteiger partial charge in [-0.2, -0.15) is 5.10 Å². The smallest absolute Gasteiger partial charge is 0.239 e. The lowest BCUT2D eigenvalue weighted by Crippen LogP contribution is -2.31. The van der Waals surface area contributed by atoms with Crippen LogP contribution in [0.5, 0.6) is 0 Å². The normalized spacial score (nSPS) is 15.9. The highest BCUT2D eigenvalue weighted by molar-refractivity contribution is 6.03. The fraction of sp³-hybridized carbons (Fsp3) is 0.292. The number of benzene rings is 2. The molecule has 0 N–H and O–H groups in total. The number of hydrogen-bond donors (Lipinski definition) is 0. The van der Waals surface area contributed by atoms with Crippen molar-refractivity contribution in [3.63, 3.8) is 0 Å². The van der Waals surface area contributed by atoms with E-state index in [-0.39, 0.29) is 11.9 Å². The SMILES string of the molecule is CC(=O)N1N=C(c2ccc(C)cc2)CC1CC(=C=C(C)C)c1ccccc1. The number of aryl methyl sites for hydroxylation is 1. The van der Waals surface area contributed by atoms with Crippen LogP contribution in [-0.2, 0) is 4.79 Å². The van der Waals surface area contributed by atoms with Gasteiger partial charge in [-0.05, 0) is 37.5 Å². The molecular formula is C24H26N2O. The van der Waals surface area contributed by atoms with E-state index in [2.05, 4.69) is 68.0 Å². The molecule has 1 atom stereocenters. The molecule has 3 heteroatoms. The average Bonchev–Trinajstić information content (AvgIpc) is 3.06. The molecule has 27 heavy (non-hydrogen) atoms. The van der Waals surface area contributed by atoms with Gasteiger partial charge in [0.05, 0.1) is 11.8 Å². The van der Waals surface area contributed by atoms with Gasteiger partial charge < -0.3 is 0 Å². The molecule has 1 amide bonds. The van der Waals surface area contributed by atoms with Crippen LogP contribution in [0.3, 0.4) is 0 Å². The van der Waals surface area contributed by atoms with Crippen LogP contribution in [0, 0.1) is 6.92 Å². The van der Waals surface area contributed by atoms with Gasteiger partial charge in [-0.25, -0.2) is 5.01 Å². The van der Waals surface area contributed by atoms with Crippen LogP contribution >= 0.6 is 0 Å². The Balaban J connectivity index is 1.90. The zero-order valence-electron chi connectivity index (χ0n) is 16.5. The second kappa shape index (κ2) is 8.20. The van der Waals surface area contributed by atoms with Crippen molar-refractivity contribution in [2.75, 3.05) is 0 Å². The summed E-state index contributed by atoms with van der Waals surface area (Å²) in [5.41, 5.74) is 10.2. The van der Waals surface area contributed by atoms with Crippen LogP contribution in [0.25, 0.3) is 5.57 Å². The zero-order chi connectivity index (χ0) is 19.4. The van der Waals surface area contributed by atoms with Crippen molar-refractivity contribution in [3.05, 3.63) is 82.6 Å². The van der Waals surface area contributed by atoms with Gasteiger partial charge in [-0.1, -0.05) is 60.2 Å². The first kappa shape index (κ1) is 18.9. The van der Waals surface area contributed by atoms with Crippen molar-refractivity contribution in [1.29, 1.82) is 0 Å². The minimum absolute atomic E-state index is 0.0147. The van der Waals surface area contributed by atoms with Gasteiger partial charge in [-0.3, -0.25) is 4.79 Å². The van der Waals surface area contributed by atoms with Gasteiger partial charge >= 0.3 is 0 Å². The lowest BCUT2D eigenvalue weighted by atomic mass is 9.94. The Kier molecular flexibility index (Phi) is 5.73. The quantitative estimate of drug-likeness (QED) is 0.677. The monoisotopic (exact) mass is 358 g/mol. The molecule has 1 heterocycles. The van der Waals surface area contributed by atoms with E-state index in [1.54, 1.807) is 11.9 Å². The third-order valence-corrected chi connectivity index (χ3v) is 4.67. The highest BCUT2D eigenvalue weighted by atomic mass is 16.2. The number of hydrogen-bond acceptors (Lipinski definition) is 2. The maximum absolute atomic E-state index is 12.2. The Bertz CT molecular complexity index is 913. The summed E-state index contributed by atoms with van der Waals surface area (Å²) in [5.74, 6) is -0.0216. The van der Waals surface area contributed by atoms with Gasteiger partial charge in [-0.15, -0.1) is 5.73 Å². The summed E-state index contributed by atoms with van der Waals surface area (Å²) < 4.78 is 0. The molecule has 3 rings (SSSR count). The van der Waals surface area contributed by atoms with E-state index in [1.807, 2.05) is 18.2 Å². The Morgan fingerprint density at radius 3 is 2.33 bits per heavy atom. The summed E-state index contributed by atoms with van der Waals surface area (Å²) >= 11 is 0. The number of rotatable bonds is 4. The summed E-state index contributed by atoms with van der Waals surface area (Å²) in [6.07, 6.45) is 1.48. The van der Waals surface area contributed by atoms with Crippen LogP contribution in [0.4, 0.5) is 0 Å². The van der Waals surface area contributed by atoms with Gasteiger partial charge in [0.1, 0.15) is 0 Å². The molecule has 0 fully saturated rings. The Labute approximate surface area is 161 Å². The molecule has 0 bridgehead atoms. The van der Waals surface area contributed by atoms with Crippen LogP contribution in [0.1, 0.15) is 50.3 Å². The predicted octanol–water partition coefficient (Wildman–Crippen LogP) is 5.36. The molecule has 0 aliphatic carbocycles. The summed E-state index contributed by atoms with van der Waals surface area (Å²) in [6.45, 7) is 7.76. The largest absolute Gasteiger partial charge is 0.273 e. The first-order valence-corrected chi connectivity index (χ1v) is 9.37. The highest BCUT2D eigenvalue weighted by Crippen LogP contribution is 2.29. The fourth-order valence-corrected chi connectivity index (χ4v) is 3.39. The highest BCUT2D eigenvalue weighted by Gasteiger charge is 2.30. The summed E-state index contributed by atoms with van der Waals surface area (Å²) in [4.78, 5) is 12.2. The molecule has 1 aliphatic heterocycles. The number of amides is 1. The van der Waals surface area contributed by atoms with Crippen molar-refractivity contribution >= 4 is 17.2 Å². The summed E-state index contributed by atoms with van der Waals surface area (Å²) in [5, 5.41) is 6.29. The van der Waals surface area contributed by atoms with E-state index in [0.717, 1.165) is 40.8 Å². The van der Waals surface area contributed by atoms with Crippen molar-refractivity contribution in [2.24, 2.45) is 5.10 Å². The average molecular weight is 358 g/mol. The lowest BCUT2D eigenvalue weighted by Gasteiger charge is -2.21. The van der Waals surface area contributed by atoms with Gasteiger partial charge in [0, 0.05) is 25.3 Å². The molecule has 1 unspecified atom stereocenters. The maximum Gasteiger partial charge on any atom is 0.239 e. The van der Waals surface area contributed by atoms with Crippen molar-refractivity contribution in [3.8, 4) is 0 Å². The number of nitrogens with zero attached hydrogens (tertiary/aromatic N) is 2. The minimum atomic E-state index is -0.0216. The lowest BCUT2D eigenvalue weighted by molar-refractivity contribution is -0.130. The molecule has 138 valence electrons. The summed E-state index contributed by atoms with van der Waals surface area (Å²) in [7, 11) is 0. The Hall–Kier alpha value is -2.90. The van der Waals surface area contributed by atoms with Gasteiger partial charge in [0.25, 0.3) is 0 Å². The molecule has 0 radical (unpaired) electrons. The Morgan fingerprint density at radius 2 is 1.74 bits per heavy atom. The molecule has 0 spiro atoms. The number of hydrazone groups is 1. The van der Waals surface area contributed by atoms with E-state index in [9.17, 15) is 4.79 Å². The first-order chi connectivity index (χ1) is 12.9. The number of carbonyl (C=O) groups excluding carboxylic acids is 1. The second-order valence-corrected chi connectivity index (χ2v) is 7.31. The standard InChI is InChI=1S/C24H26N2O/c1-17(2)14-22(20-8-6-5-7-9-20)15-23-16-24(25-26(23)19(4)27)21-12-10-18(3)11-13-21/h5-13,23H,15-16H2,1-4H3. The molecule has 0 saturated carbocycles. The molecule has 2 aromatic rings. The van der Waals surface area contributed by atoms with E-state index in [4.69, 9.17) is 0 Å². The van der Waals surface area contributed by atoms with Crippen LogP contribution in [0.2, 0.25) is 0 Å². The molecule has 0 aromatic heterocycles. The molecular weight excluding hydrogens is 332 g/mol. The van der Waals surface area contributed by atoms with E-state index in [1.165, 1.54) is 5.56 Å². The van der Waals surface area contributed by atoms with E-state index >= 15 is 0 Å². The van der Waals surface area contributed by atoms with E-state index < -0.39 is 0 Å². The molecule has 2 aromatic carbocycles.